The van der Waals surface area contributed by atoms with Gasteiger partial charge in [-0.1, -0.05) is 6.07 Å². The van der Waals surface area contributed by atoms with Crippen molar-refractivity contribution in [2.24, 2.45) is 5.92 Å². The van der Waals surface area contributed by atoms with Crippen LogP contribution in [0.3, 0.4) is 0 Å². The van der Waals surface area contributed by atoms with Gasteiger partial charge in [-0.15, -0.1) is 0 Å². The lowest BCUT2D eigenvalue weighted by molar-refractivity contribution is -0.384. The summed E-state index contributed by atoms with van der Waals surface area (Å²) >= 11 is 0. The predicted octanol–water partition coefficient (Wildman–Crippen LogP) is 1.55. The highest BCUT2D eigenvalue weighted by Gasteiger charge is 2.35. The second kappa shape index (κ2) is 9.21. The molecule has 1 aromatic carbocycles. The molecule has 1 fully saturated rings. The van der Waals surface area contributed by atoms with Gasteiger partial charge in [0.1, 0.15) is 6.04 Å². The summed E-state index contributed by atoms with van der Waals surface area (Å²) in [6, 6.07) is 4.05. The molecule has 0 unspecified atom stereocenters. The Bertz CT molecular complexity index is 879. The average molecular weight is 427 g/mol. The highest BCUT2D eigenvalue weighted by Crippen LogP contribution is 2.27. The summed E-state index contributed by atoms with van der Waals surface area (Å²) in [4.78, 5) is 36.7. The number of nitro groups is 1. The lowest BCUT2D eigenvalue weighted by atomic mass is 9.96. The molecule has 0 aliphatic carbocycles. The number of nitro benzene ring substituents is 1. The third-order valence-corrected chi connectivity index (χ3v) is 6.03. The molecule has 0 N–H and O–H groups in total. The molecule has 1 aromatic rings. The number of sulfonamides is 1. The van der Waals surface area contributed by atoms with Gasteiger partial charge in [-0.3, -0.25) is 24.0 Å². The maximum Gasteiger partial charge on any atom is 0.309 e. The van der Waals surface area contributed by atoms with Crippen molar-refractivity contribution in [1.82, 2.24) is 4.90 Å². The van der Waals surface area contributed by atoms with Crippen LogP contribution in [0.2, 0.25) is 0 Å². The Hall–Kier alpha value is -2.69. The molecule has 1 aliphatic rings. The SMILES string of the molecule is CCOC(=O)C1CCN(C(=O)[C@H](C)N(c2cccc([N+](=O)[O-])c2)S(C)(=O)=O)CC1. The smallest absolute Gasteiger partial charge is 0.309 e. The van der Waals surface area contributed by atoms with E-state index in [1.165, 1.54) is 30.0 Å². The maximum atomic E-state index is 13.0. The average Bonchev–Trinajstić information content (AvgIpc) is 2.67. The first-order chi connectivity index (χ1) is 13.6. The number of nitrogens with zero attached hydrogens (tertiary/aromatic N) is 3. The van der Waals surface area contributed by atoms with Crippen molar-refractivity contribution in [3.8, 4) is 0 Å². The van der Waals surface area contributed by atoms with E-state index in [1.54, 1.807) is 6.92 Å². The summed E-state index contributed by atoms with van der Waals surface area (Å²) in [5.41, 5.74) is -0.227. The zero-order chi connectivity index (χ0) is 21.8. The molecule has 0 radical (unpaired) electrons. The van der Waals surface area contributed by atoms with Crippen LogP contribution in [0, 0.1) is 16.0 Å². The third kappa shape index (κ3) is 5.43. The van der Waals surface area contributed by atoms with Gasteiger partial charge in [-0.2, -0.15) is 0 Å². The molecule has 0 bridgehead atoms. The van der Waals surface area contributed by atoms with Crippen LogP contribution in [0.25, 0.3) is 0 Å². The van der Waals surface area contributed by atoms with E-state index in [9.17, 15) is 28.1 Å². The first-order valence-electron chi connectivity index (χ1n) is 9.25. The van der Waals surface area contributed by atoms with Gasteiger partial charge in [-0.05, 0) is 32.8 Å². The van der Waals surface area contributed by atoms with Gasteiger partial charge in [0.15, 0.2) is 0 Å². The first kappa shape index (κ1) is 22.6. The van der Waals surface area contributed by atoms with Gasteiger partial charge >= 0.3 is 5.97 Å². The van der Waals surface area contributed by atoms with E-state index in [0.29, 0.717) is 32.5 Å². The van der Waals surface area contributed by atoms with Crippen LogP contribution in [-0.2, 0) is 24.3 Å². The second-order valence-corrected chi connectivity index (χ2v) is 8.72. The Kier molecular flexibility index (Phi) is 7.17. The van der Waals surface area contributed by atoms with Crippen molar-refractivity contribution in [2.45, 2.75) is 32.7 Å². The van der Waals surface area contributed by atoms with Crippen molar-refractivity contribution in [1.29, 1.82) is 0 Å². The van der Waals surface area contributed by atoms with Crippen LogP contribution in [0.1, 0.15) is 26.7 Å². The fraction of sp³-hybridized carbons (Fsp3) is 0.556. The molecule has 11 heteroatoms. The Labute approximate surface area is 169 Å². The Morgan fingerprint density at radius 1 is 1.34 bits per heavy atom. The van der Waals surface area contributed by atoms with E-state index in [0.717, 1.165) is 16.6 Å². The molecule has 29 heavy (non-hydrogen) atoms. The van der Waals surface area contributed by atoms with E-state index in [4.69, 9.17) is 4.74 Å². The molecule has 0 aromatic heterocycles. The summed E-state index contributed by atoms with van der Waals surface area (Å²) < 4.78 is 30.7. The number of piperidine rings is 1. The normalized spacial score (nSPS) is 16.2. The molecule has 10 nitrogen and oxygen atoms in total. The molecule has 160 valence electrons. The van der Waals surface area contributed by atoms with E-state index in [-0.39, 0.29) is 23.3 Å². The van der Waals surface area contributed by atoms with Gasteiger partial charge in [-0.25, -0.2) is 8.42 Å². The number of anilines is 1. The summed E-state index contributed by atoms with van der Waals surface area (Å²) in [5, 5.41) is 11.0. The van der Waals surface area contributed by atoms with E-state index >= 15 is 0 Å². The van der Waals surface area contributed by atoms with Crippen LogP contribution in [0.15, 0.2) is 24.3 Å². The third-order valence-electron chi connectivity index (χ3n) is 4.79. The Morgan fingerprint density at radius 3 is 2.48 bits per heavy atom. The number of likely N-dealkylation sites (tertiary alicyclic amines) is 1. The van der Waals surface area contributed by atoms with Crippen molar-refractivity contribution in [2.75, 3.05) is 30.3 Å². The molecule has 1 amide bonds. The predicted molar refractivity (Wildman–Crippen MR) is 106 cm³/mol. The monoisotopic (exact) mass is 427 g/mol. The van der Waals surface area contributed by atoms with E-state index in [1.807, 2.05) is 0 Å². The first-order valence-corrected chi connectivity index (χ1v) is 11.1. The van der Waals surface area contributed by atoms with Gasteiger partial charge < -0.3 is 9.64 Å². The molecule has 1 aliphatic heterocycles. The van der Waals surface area contributed by atoms with Crippen molar-refractivity contribution >= 4 is 33.3 Å². The topological polar surface area (TPSA) is 127 Å². The fourth-order valence-electron chi connectivity index (χ4n) is 3.41. The zero-order valence-corrected chi connectivity index (χ0v) is 17.4. The largest absolute Gasteiger partial charge is 0.466 e. The number of rotatable bonds is 7. The van der Waals surface area contributed by atoms with Gasteiger partial charge in [0, 0.05) is 25.2 Å². The molecule has 1 saturated heterocycles. The molecule has 0 spiro atoms. The second-order valence-electron chi connectivity index (χ2n) is 6.86. The van der Waals surface area contributed by atoms with Gasteiger partial charge in [0.05, 0.1) is 29.4 Å². The number of hydrogen-bond donors (Lipinski definition) is 0. The molecule has 2 rings (SSSR count). The van der Waals surface area contributed by atoms with Crippen LogP contribution in [0.4, 0.5) is 11.4 Å². The lowest BCUT2D eigenvalue weighted by Crippen LogP contribution is -2.51. The summed E-state index contributed by atoms with van der Waals surface area (Å²) in [7, 11) is -3.89. The molecular formula is C18H25N3O7S. The van der Waals surface area contributed by atoms with Crippen molar-refractivity contribution in [3.05, 3.63) is 34.4 Å². The number of amides is 1. The summed E-state index contributed by atoms with van der Waals surface area (Å²) in [6.45, 7) is 4.07. The van der Waals surface area contributed by atoms with Crippen LogP contribution in [0.5, 0.6) is 0 Å². The highest BCUT2D eigenvalue weighted by atomic mass is 32.2. The van der Waals surface area contributed by atoms with E-state index in [2.05, 4.69) is 0 Å². The molecule has 0 saturated carbocycles. The quantitative estimate of drug-likeness (QED) is 0.367. The number of hydrogen-bond acceptors (Lipinski definition) is 7. The van der Waals surface area contributed by atoms with Crippen LogP contribution in [-0.4, -0.2) is 62.1 Å². The highest BCUT2D eigenvalue weighted by molar-refractivity contribution is 7.92. The summed E-state index contributed by atoms with van der Waals surface area (Å²) in [6.07, 6.45) is 1.82. The number of non-ortho nitro benzene ring substituents is 1. The van der Waals surface area contributed by atoms with Gasteiger partial charge in [0.25, 0.3) is 5.69 Å². The summed E-state index contributed by atoms with van der Waals surface area (Å²) in [5.74, 6) is -0.997. The Morgan fingerprint density at radius 2 is 1.97 bits per heavy atom. The van der Waals surface area contributed by atoms with E-state index < -0.39 is 26.9 Å². The van der Waals surface area contributed by atoms with Crippen molar-refractivity contribution < 1.29 is 27.7 Å². The minimum absolute atomic E-state index is 0.0453. The minimum atomic E-state index is -3.89. The van der Waals surface area contributed by atoms with Crippen LogP contribution >= 0.6 is 0 Å². The number of ether oxygens (including phenoxy) is 1. The molecule has 1 atom stereocenters. The zero-order valence-electron chi connectivity index (χ0n) is 16.6. The fourth-order valence-corrected chi connectivity index (χ4v) is 4.57. The molecular weight excluding hydrogens is 402 g/mol. The lowest BCUT2D eigenvalue weighted by Gasteiger charge is -2.36. The molecule has 1 heterocycles. The number of benzene rings is 1. The maximum absolute atomic E-state index is 13.0. The standard InChI is InChI=1S/C18H25N3O7S/c1-4-28-18(23)14-8-10-19(11-9-14)17(22)13(2)20(29(3,26)27)15-6-5-7-16(12-15)21(24)25/h5-7,12-14H,4,8-11H2,1-3H3/t13-/m0/s1. The van der Waals surface area contributed by atoms with Crippen molar-refractivity contribution in [3.63, 3.8) is 0 Å². The number of carbonyl (C=O) groups is 2. The van der Waals surface area contributed by atoms with Gasteiger partial charge in [0.2, 0.25) is 15.9 Å². The van der Waals surface area contributed by atoms with Crippen LogP contribution < -0.4 is 4.31 Å². The Balaban J connectivity index is 2.19. The number of esters is 1. The number of carbonyl (C=O) groups excluding carboxylic acids is 2. The minimum Gasteiger partial charge on any atom is -0.466 e.